The van der Waals surface area contributed by atoms with Gasteiger partial charge in [-0.05, 0) is 60.2 Å². The number of rotatable bonds is 6. The Morgan fingerprint density at radius 3 is 2.52 bits per heavy atom. The van der Waals surface area contributed by atoms with Crippen molar-refractivity contribution < 1.29 is 19.4 Å². The number of aliphatic carboxylic acids is 1. The van der Waals surface area contributed by atoms with E-state index in [1.165, 1.54) is 17.5 Å². The Bertz CT molecular complexity index is 783. The highest BCUT2D eigenvalue weighted by Crippen LogP contribution is 2.23. The van der Waals surface area contributed by atoms with E-state index in [1.807, 2.05) is 24.3 Å². The molecule has 5 nitrogen and oxygen atoms in total. The van der Waals surface area contributed by atoms with Gasteiger partial charge in [0.05, 0.1) is 0 Å². The summed E-state index contributed by atoms with van der Waals surface area (Å²) in [6.45, 7) is 0.116. The van der Waals surface area contributed by atoms with Crippen molar-refractivity contribution in [2.75, 3.05) is 13.7 Å². The first-order chi connectivity index (χ1) is 12.0. The average Bonchev–Trinajstić information content (AvgIpc) is 3.08. The Morgan fingerprint density at radius 1 is 1.08 bits per heavy atom. The molecule has 0 saturated heterocycles. The van der Waals surface area contributed by atoms with Gasteiger partial charge in [0.15, 0.2) is 6.61 Å². The number of carboxylic acids is 1. The number of carbonyl (C=O) groups is 2. The Balaban J connectivity index is 1.62. The van der Waals surface area contributed by atoms with Gasteiger partial charge < -0.3 is 14.7 Å². The van der Waals surface area contributed by atoms with E-state index in [2.05, 4.69) is 6.07 Å². The lowest BCUT2D eigenvalue weighted by atomic mass is 10.1. The second-order valence-electron chi connectivity index (χ2n) is 6.32. The van der Waals surface area contributed by atoms with Gasteiger partial charge >= 0.3 is 5.97 Å². The summed E-state index contributed by atoms with van der Waals surface area (Å²) in [6, 6.07) is 13.1. The lowest BCUT2D eigenvalue weighted by Gasteiger charge is -2.18. The third-order valence-corrected chi connectivity index (χ3v) is 4.40. The van der Waals surface area contributed by atoms with Gasteiger partial charge in [-0.15, -0.1) is 0 Å². The molecule has 0 fully saturated rings. The van der Waals surface area contributed by atoms with Crippen LogP contribution in [-0.4, -0.2) is 35.5 Å². The monoisotopic (exact) mass is 339 g/mol. The highest BCUT2D eigenvalue weighted by molar-refractivity contribution is 5.94. The summed E-state index contributed by atoms with van der Waals surface area (Å²) in [4.78, 5) is 24.8. The molecule has 25 heavy (non-hydrogen) atoms. The fraction of sp³-hybridized carbons (Fsp3) is 0.300. The topological polar surface area (TPSA) is 66.8 Å². The van der Waals surface area contributed by atoms with E-state index in [0.29, 0.717) is 12.3 Å². The van der Waals surface area contributed by atoms with Crippen LogP contribution in [0.3, 0.4) is 0 Å². The highest BCUT2D eigenvalue weighted by Gasteiger charge is 2.16. The highest BCUT2D eigenvalue weighted by atomic mass is 16.5. The summed E-state index contributed by atoms with van der Waals surface area (Å²) < 4.78 is 5.11. The van der Waals surface area contributed by atoms with E-state index >= 15 is 0 Å². The van der Waals surface area contributed by atoms with Crippen molar-refractivity contribution in [3.8, 4) is 5.75 Å². The summed E-state index contributed by atoms with van der Waals surface area (Å²) in [7, 11) is 1.78. The molecule has 0 saturated carbocycles. The number of carbonyl (C=O) groups excluding carboxylic acids is 1. The summed E-state index contributed by atoms with van der Waals surface area (Å²) in [5, 5.41) is 8.61. The number of fused-ring (bicyclic) bond motifs is 1. The van der Waals surface area contributed by atoms with Crippen LogP contribution < -0.4 is 4.74 Å². The summed E-state index contributed by atoms with van der Waals surface area (Å²) in [6.07, 6.45) is 3.33. The van der Waals surface area contributed by atoms with E-state index < -0.39 is 5.97 Å². The van der Waals surface area contributed by atoms with Gasteiger partial charge in [-0.1, -0.05) is 18.2 Å². The molecule has 5 heteroatoms. The zero-order valence-corrected chi connectivity index (χ0v) is 14.2. The van der Waals surface area contributed by atoms with E-state index in [4.69, 9.17) is 9.84 Å². The molecule has 130 valence electrons. The largest absolute Gasteiger partial charge is 0.482 e. The van der Waals surface area contributed by atoms with Gasteiger partial charge in [0, 0.05) is 19.2 Å². The quantitative estimate of drug-likeness (QED) is 0.879. The van der Waals surface area contributed by atoms with Crippen LogP contribution in [0.5, 0.6) is 5.75 Å². The second kappa shape index (κ2) is 7.38. The molecule has 0 aromatic heterocycles. The Labute approximate surface area is 146 Å². The molecular formula is C20H21NO4. The van der Waals surface area contributed by atoms with Gasteiger partial charge in [0.25, 0.3) is 5.91 Å². The first-order valence-electron chi connectivity index (χ1n) is 8.34. The van der Waals surface area contributed by atoms with Crippen molar-refractivity contribution in [2.24, 2.45) is 0 Å². The number of benzene rings is 2. The fourth-order valence-corrected chi connectivity index (χ4v) is 3.11. The molecule has 1 N–H and O–H groups in total. The zero-order valence-electron chi connectivity index (χ0n) is 14.2. The maximum atomic E-state index is 12.6. The normalized spacial score (nSPS) is 12.5. The predicted octanol–water partition coefficient (Wildman–Crippen LogP) is 2.91. The zero-order chi connectivity index (χ0) is 17.8. The number of ether oxygens (including phenoxy) is 1. The van der Waals surface area contributed by atoms with E-state index in [9.17, 15) is 9.59 Å². The van der Waals surface area contributed by atoms with Gasteiger partial charge in [-0.3, -0.25) is 4.79 Å². The van der Waals surface area contributed by atoms with Crippen molar-refractivity contribution in [2.45, 2.75) is 25.8 Å². The van der Waals surface area contributed by atoms with Crippen LogP contribution in [0.15, 0.2) is 42.5 Å². The van der Waals surface area contributed by atoms with Crippen molar-refractivity contribution in [3.63, 3.8) is 0 Å². The van der Waals surface area contributed by atoms with Crippen molar-refractivity contribution >= 4 is 11.9 Å². The van der Waals surface area contributed by atoms with Crippen molar-refractivity contribution in [3.05, 3.63) is 64.7 Å². The predicted molar refractivity (Wildman–Crippen MR) is 93.8 cm³/mol. The Kier molecular flexibility index (Phi) is 5.03. The Morgan fingerprint density at radius 2 is 1.80 bits per heavy atom. The maximum Gasteiger partial charge on any atom is 0.341 e. The molecule has 0 spiro atoms. The first-order valence-corrected chi connectivity index (χ1v) is 8.34. The first kappa shape index (κ1) is 17.0. The molecule has 2 aromatic carbocycles. The summed E-state index contributed by atoms with van der Waals surface area (Å²) in [5.74, 6) is -0.511. The van der Waals surface area contributed by atoms with E-state index in [0.717, 1.165) is 24.0 Å². The third-order valence-electron chi connectivity index (χ3n) is 4.40. The minimum atomic E-state index is -1.01. The molecule has 0 atom stereocenters. The van der Waals surface area contributed by atoms with Crippen LogP contribution in [0.4, 0.5) is 0 Å². The van der Waals surface area contributed by atoms with Gasteiger partial charge in [0.1, 0.15) is 5.75 Å². The van der Waals surface area contributed by atoms with E-state index in [1.54, 1.807) is 24.1 Å². The SMILES string of the molecule is CN(Cc1ccc(OCC(=O)O)cc1)C(=O)c1ccc2c(c1)CCC2. The van der Waals surface area contributed by atoms with Crippen molar-refractivity contribution in [1.29, 1.82) is 0 Å². The standard InChI is InChI=1S/C20H21NO4/c1-21(12-14-5-9-18(10-6-14)25-13-19(22)23)20(24)17-8-7-15-3-2-4-16(15)11-17/h5-11H,2-4,12-13H2,1H3,(H,22,23). The van der Waals surface area contributed by atoms with Gasteiger partial charge in [-0.25, -0.2) is 4.79 Å². The van der Waals surface area contributed by atoms with Crippen molar-refractivity contribution in [1.82, 2.24) is 4.90 Å². The number of amides is 1. The van der Waals surface area contributed by atoms with Crippen LogP contribution in [0.25, 0.3) is 0 Å². The third kappa shape index (κ3) is 4.18. The van der Waals surface area contributed by atoms with Crippen LogP contribution in [-0.2, 0) is 24.2 Å². The number of aryl methyl sites for hydroxylation is 2. The smallest absolute Gasteiger partial charge is 0.341 e. The second-order valence-corrected chi connectivity index (χ2v) is 6.32. The molecule has 2 aromatic rings. The molecule has 0 aliphatic heterocycles. The molecule has 0 unspecified atom stereocenters. The molecular weight excluding hydrogens is 318 g/mol. The van der Waals surface area contributed by atoms with Crippen LogP contribution >= 0.6 is 0 Å². The number of hydrogen-bond acceptors (Lipinski definition) is 3. The van der Waals surface area contributed by atoms with Crippen LogP contribution in [0.2, 0.25) is 0 Å². The molecule has 0 bridgehead atoms. The lowest BCUT2D eigenvalue weighted by molar-refractivity contribution is -0.139. The summed E-state index contributed by atoms with van der Waals surface area (Å²) >= 11 is 0. The molecule has 3 rings (SSSR count). The average molecular weight is 339 g/mol. The molecule has 0 heterocycles. The van der Waals surface area contributed by atoms with Gasteiger partial charge in [-0.2, -0.15) is 0 Å². The minimum absolute atomic E-state index is 0.000837. The maximum absolute atomic E-state index is 12.6. The Hall–Kier alpha value is -2.82. The minimum Gasteiger partial charge on any atom is -0.482 e. The number of nitrogens with zero attached hydrogens (tertiary/aromatic N) is 1. The molecule has 1 aliphatic rings. The van der Waals surface area contributed by atoms with Crippen LogP contribution in [0, 0.1) is 0 Å². The molecule has 0 radical (unpaired) electrons. The summed E-state index contributed by atoms with van der Waals surface area (Å²) in [5.41, 5.74) is 4.33. The fourth-order valence-electron chi connectivity index (χ4n) is 3.11. The van der Waals surface area contributed by atoms with Gasteiger partial charge in [0.2, 0.25) is 0 Å². The number of hydrogen-bond donors (Lipinski definition) is 1. The number of carboxylic acid groups (broad SMARTS) is 1. The van der Waals surface area contributed by atoms with E-state index in [-0.39, 0.29) is 12.5 Å². The van der Waals surface area contributed by atoms with Crippen LogP contribution in [0.1, 0.15) is 33.5 Å². The lowest BCUT2D eigenvalue weighted by Crippen LogP contribution is -2.26. The molecule has 1 aliphatic carbocycles. The molecule has 1 amide bonds.